The Kier molecular flexibility index (Phi) is 6.20. The summed E-state index contributed by atoms with van der Waals surface area (Å²) in [6, 6.07) is 15.5. The summed E-state index contributed by atoms with van der Waals surface area (Å²) in [4.78, 5) is 28.7. The van der Waals surface area contributed by atoms with Crippen LogP contribution in [0.4, 0.5) is 9.18 Å². The van der Waals surface area contributed by atoms with E-state index in [9.17, 15) is 14.0 Å². The van der Waals surface area contributed by atoms with Gasteiger partial charge in [0, 0.05) is 31.7 Å². The first-order valence-corrected chi connectivity index (χ1v) is 10.6. The highest BCUT2D eigenvalue weighted by atomic mass is 19.1. The topological polar surface area (TPSA) is 67.7 Å². The quantitative estimate of drug-likeness (QED) is 0.622. The van der Waals surface area contributed by atoms with Crippen LogP contribution in [0.15, 0.2) is 54.6 Å². The van der Waals surface area contributed by atoms with Crippen molar-refractivity contribution in [3.05, 3.63) is 71.7 Å². The molecule has 166 valence electrons. The minimum Gasteiger partial charge on any atom is -0.450 e. The molecule has 32 heavy (non-hydrogen) atoms. The summed E-state index contributed by atoms with van der Waals surface area (Å²) in [6.45, 7) is 5.69. The van der Waals surface area contributed by atoms with Crippen LogP contribution >= 0.6 is 0 Å². The summed E-state index contributed by atoms with van der Waals surface area (Å²) in [5, 5.41) is 4.67. The van der Waals surface area contributed by atoms with Gasteiger partial charge in [0.15, 0.2) is 0 Å². The van der Waals surface area contributed by atoms with Gasteiger partial charge in [-0.3, -0.25) is 4.79 Å². The van der Waals surface area contributed by atoms with Crippen LogP contribution in [-0.4, -0.2) is 64.4 Å². The molecule has 7 nitrogen and oxygen atoms in total. The zero-order valence-corrected chi connectivity index (χ0v) is 18.1. The molecule has 0 radical (unpaired) electrons. The third-order valence-corrected chi connectivity index (χ3v) is 5.41. The van der Waals surface area contributed by atoms with E-state index in [1.807, 2.05) is 31.2 Å². The number of halogens is 1. The SMILES string of the molecule is CCOC(=O)N1CCN(C(=O)c2cc(-c3ccc(F)cc3)nn2-c2cccc(C)c2)CC1. The summed E-state index contributed by atoms with van der Waals surface area (Å²) in [7, 11) is 0. The summed E-state index contributed by atoms with van der Waals surface area (Å²) < 4.78 is 20.1. The Morgan fingerprint density at radius 2 is 1.69 bits per heavy atom. The molecule has 0 N–H and O–H groups in total. The zero-order chi connectivity index (χ0) is 22.7. The van der Waals surface area contributed by atoms with Crippen LogP contribution in [0.3, 0.4) is 0 Å². The predicted octanol–water partition coefficient (Wildman–Crippen LogP) is 3.90. The molecule has 1 aromatic heterocycles. The molecule has 1 fully saturated rings. The van der Waals surface area contributed by atoms with Gasteiger partial charge in [0.1, 0.15) is 11.5 Å². The lowest BCUT2D eigenvalue weighted by atomic mass is 10.1. The number of carbonyl (C=O) groups is 2. The number of hydrogen-bond acceptors (Lipinski definition) is 4. The predicted molar refractivity (Wildman–Crippen MR) is 118 cm³/mol. The number of benzene rings is 2. The second kappa shape index (κ2) is 9.21. The molecule has 1 saturated heterocycles. The van der Waals surface area contributed by atoms with Gasteiger partial charge in [0.25, 0.3) is 5.91 Å². The Labute approximate surface area is 186 Å². The molecule has 2 heterocycles. The van der Waals surface area contributed by atoms with Gasteiger partial charge in [0.2, 0.25) is 0 Å². The maximum atomic E-state index is 13.5. The van der Waals surface area contributed by atoms with Gasteiger partial charge < -0.3 is 14.5 Å². The number of carbonyl (C=O) groups excluding carboxylic acids is 2. The van der Waals surface area contributed by atoms with E-state index in [2.05, 4.69) is 5.10 Å². The number of piperazine rings is 1. The molecule has 0 unspecified atom stereocenters. The third-order valence-electron chi connectivity index (χ3n) is 5.41. The van der Waals surface area contributed by atoms with Crippen LogP contribution in [-0.2, 0) is 4.74 Å². The molecule has 1 aliphatic rings. The Balaban J connectivity index is 1.64. The van der Waals surface area contributed by atoms with Crippen molar-refractivity contribution < 1.29 is 18.7 Å². The van der Waals surface area contributed by atoms with Crippen molar-refractivity contribution in [1.82, 2.24) is 19.6 Å². The second-order valence-corrected chi connectivity index (χ2v) is 7.65. The number of rotatable bonds is 4. The number of ether oxygens (including phenoxy) is 1. The fraction of sp³-hybridized carbons (Fsp3) is 0.292. The van der Waals surface area contributed by atoms with E-state index in [0.29, 0.717) is 44.2 Å². The van der Waals surface area contributed by atoms with E-state index in [0.717, 1.165) is 16.8 Å². The van der Waals surface area contributed by atoms with Gasteiger partial charge in [-0.05, 0) is 61.9 Å². The molecular formula is C24H25FN4O3. The van der Waals surface area contributed by atoms with Crippen molar-refractivity contribution in [3.63, 3.8) is 0 Å². The highest BCUT2D eigenvalue weighted by Gasteiger charge is 2.28. The molecule has 0 spiro atoms. The Hall–Kier alpha value is -3.68. The highest BCUT2D eigenvalue weighted by molar-refractivity contribution is 5.94. The molecule has 0 bridgehead atoms. The minimum atomic E-state index is -0.358. The van der Waals surface area contributed by atoms with Crippen LogP contribution < -0.4 is 0 Å². The molecule has 1 aliphatic heterocycles. The van der Waals surface area contributed by atoms with Crippen molar-refractivity contribution in [2.45, 2.75) is 13.8 Å². The summed E-state index contributed by atoms with van der Waals surface area (Å²) in [5.74, 6) is -0.501. The molecule has 4 rings (SSSR count). The molecule has 8 heteroatoms. The molecule has 0 atom stereocenters. The monoisotopic (exact) mass is 436 g/mol. The number of aromatic nitrogens is 2. The van der Waals surface area contributed by atoms with Crippen molar-refractivity contribution >= 4 is 12.0 Å². The lowest BCUT2D eigenvalue weighted by Gasteiger charge is -2.34. The first-order valence-electron chi connectivity index (χ1n) is 10.6. The first-order chi connectivity index (χ1) is 15.5. The Bertz CT molecular complexity index is 1120. The summed E-state index contributed by atoms with van der Waals surface area (Å²) in [5.41, 5.74) is 3.54. The fourth-order valence-corrected chi connectivity index (χ4v) is 3.72. The number of hydrogen-bond donors (Lipinski definition) is 0. The van der Waals surface area contributed by atoms with Crippen LogP contribution in [0.5, 0.6) is 0 Å². The molecule has 0 aliphatic carbocycles. The maximum Gasteiger partial charge on any atom is 0.409 e. The van der Waals surface area contributed by atoms with E-state index >= 15 is 0 Å². The van der Waals surface area contributed by atoms with E-state index in [4.69, 9.17) is 4.74 Å². The highest BCUT2D eigenvalue weighted by Crippen LogP contribution is 2.24. The molecule has 3 aromatic rings. The van der Waals surface area contributed by atoms with E-state index < -0.39 is 0 Å². The fourth-order valence-electron chi connectivity index (χ4n) is 3.72. The van der Waals surface area contributed by atoms with Crippen LogP contribution in [0, 0.1) is 12.7 Å². The third kappa shape index (κ3) is 4.49. The smallest absolute Gasteiger partial charge is 0.409 e. The normalized spacial score (nSPS) is 13.8. The van der Waals surface area contributed by atoms with Crippen LogP contribution in [0.2, 0.25) is 0 Å². The Morgan fingerprint density at radius 1 is 1.00 bits per heavy atom. The Morgan fingerprint density at radius 3 is 2.34 bits per heavy atom. The van der Waals surface area contributed by atoms with E-state index in [1.165, 1.54) is 12.1 Å². The van der Waals surface area contributed by atoms with Crippen molar-refractivity contribution in [3.8, 4) is 16.9 Å². The zero-order valence-electron chi connectivity index (χ0n) is 18.1. The molecule has 2 aromatic carbocycles. The van der Waals surface area contributed by atoms with Crippen molar-refractivity contribution in [2.24, 2.45) is 0 Å². The average molecular weight is 436 g/mol. The number of amides is 2. The molecular weight excluding hydrogens is 411 g/mol. The largest absolute Gasteiger partial charge is 0.450 e. The lowest BCUT2D eigenvalue weighted by molar-refractivity contribution is 0.0563. The van der Waals surface area contributed by atoms with E-state index in [-0.39, 0.29) is 17.8 Å². The van der Waals surface area contributed by atoms with Gasteiger partial charge in [0.05, 0.1) is 18.0 Å². The summed E-state index contributed by atoms with van der Waals surface area (Å²) >= 11 is 0. The number of aryl methyl sites for hydroxylation is 1. The maximum absolute atomic E-state index is 13.5. The van der Waals surface area contributed by atoms with Crippen molar-refractivity contribution in [2.75, 3.05) is 32.8 Å². The van der Waals surface area contributed by atoms with Crippen LogP contribution in [0.25, 0.3) is 16.9 Å². The van der Waals surface area contributed by atoms with Gasteiger partial charge in [-0.25, -0.2) is 13.9 Å². The van der Waals surface area contributed by atoms with Crippen molar-refractivity contribution in [1.29, 1.82) is 0 Å². The van der Waals surface area contributed by atoms with Gasteiger partial charge in [-0.15, -0.1) is 0 Å². The molecule has 2 amide bonds. The van der Waals surface area contributed by atoms with Gasteiger partial charge in [-0.2, -0.15) is 5.10 Å². The number of nitrogens with zero attached hydrogens (tertiary/aromatic N) is 4. The standard InChI is InChI=1S/C24H25FN4O3/c1-3-32-24(31)28-13-11-27(12-14-28)23(30)22-16-21(18-7-9-19(25)10-8-18)26-29(22)20-6-4-5-17(2)15-20/h4-10,15-16H,3,11-14H2,1-2H3. The first kappa shape index (κ1) is 21.5. The second-order valence-electron chi connectivity index (χ2n) is 7.65. The van der Waals surface area contributed by atoms with Gasteiger partial charge in [-0.1, -0.05) is 12.1 Å². The summed E-state index contributed by atoms with van der Waals surface area (Å²) in [6.07, 6.45) is -0.358. The molecule has 0 saturated carbocycles. The van der Waals surface area contributed by atoms with E-state index in [1.54, 1.807) is 39.6 Å². The average Bonchev–Trinajstić information content (AvgIpc) is 3.25. The van der Waals surface area contributed by atoms with Gasteiger partial charge >= 0.3 is 6.09 Å². The minimum absolute atomic E-state index is 0.170. The lowest BCUT2D eigenvalue weighted by Crippen LogP contribution is -2.51. The van der Waals surface area contributed by atoms with Crippen LogP contribution in [0.1, 0.15) is 23.0 Å².